The van der Waals surface area contributed by atoms with Crippen molar-refractivity contribution >= 4 is 11.9 Å². The number of allylic oxidation sites excluding steroid dienone is 1. The van der Waals surface area contributed by atoms with Gasteiger partial charge in [0.15, 0.2) is 0 Å². The smallest absolute Gasteiger partial charge is 0.330 e. The first-order valence-electron chi connectivity index (χ1n) is 12.2. The third kappa shape index (κ3) is 7.22. The number of benzene rings is 1. The molecule has 2 aliphatic rings. The van der Waals surface area contributed by atoms with Crippen molar-refractivity contribution in [3.05, 3.63) is 42.0 Å². The zero-order valence-electron chi connectivity index (χ0n) is 19.2. The van der Waals surface area contributed by atoms with E-state index in [4.69, 9.17) is 9.47 Å². The van der Waals surface area contributed by atoms with Crippen LogP contribution < -0.4 is 4.74 Å². The van der Waals surface area contributed by atoms with Crippen molar-refractivity contribution in [3.8, 4) is 5.75 Å². The van der Waals surface area contributed by atoms with Crippen LogP contribution in [0.15, 0.2) is 36.4 Å². The molecule has 0 amide bonds. The number of aryl methyl sites for hydroxylation is 1. The first-order chi connectivity index (χ1) is 15.1. The Bertz CT molecular complexity index is 720. The van der Waals surface area contributed by atoms with E-state index < -0.39 is 0 Å². The quantitative estimate of drug-likeness (QED) is 0.273. The number of hydrogen-bond donors (Lipinski definition) is 0. The van der Waals surface area contributed by atoms with Gasteiger partial charge in [-0.3, -0.25) is 4.79 Å². The van der Waals surface area contributed by atoms with Gasteiger partial charge in [0.25, 0.3) is 0 Å². The second kappa shape index (κ2) is 12.1. The summed E-state index contributed by atoms with van der Waals surface area (Å²) in [6, 6.07) is 7.99. The van der Waals surface area contributed by atoms with Crippen LogP contribution in [0.5, 0.6) is 5.75 Å². The highest BCUT2D eigenvalue weighted by atomic mass is 16.5. The summed E-state index contributed by atoms with van der Waals surface area (Å²) in [4.78, 5) is 24.3. The molecule has 1 aromatic carbocycles. The second-order valence-corrected chi connectivity index (χ2v) is 9.25. The summed E-state index contributed by atoms with van der Waals surface area (Å²) in [5, 5.41) is 0. The SMILES string of the molecule is C/C=C/C(=O)O[C@H]1CC[C@H]([C@H]2CC[C@H](C(=O)Oc3ccc(CCCC)cc3)CC2)CC1. The molecule has 4 nitrogen and oxygen atoms in total. The van der Waals surface area contributed by atoms with Gasteiger partial charge in [-0.25, -0.2) is 4.79 Å². The molecule has 0 aliphatic heterocycles. The average Bonchev–Trinajstić information content (AvgIpc) is 2.79. The lowest BCUT2D eigenvalue weighted by molar-refractivity contribution is -0.145. The molecule has 0 radical (unpaired) electrons. The van der Waals surface area contributed by atoms with Crippen LogP contribution in [0.2, 0.25) is 0 Å². The van der Waals surface area contributed by atoms with Crippen LogP contribution >= 0.6 is 0 Å². The molecule has 0 N–H and O–H groups in total. The molecule has 0 spiro atoms. The molecule has 1 aromatic rings. The van der Waals surface area contributed by atoms with E-state index in [2.05, 4.69) is 19.1 Å². The highest BCUT2D eigenvalue weighted by Crippen LogP contribution is 2.41. The van der Waals surface area contributed by atoms with E-state index >= 15 is 0 Å². The fourth-order valence-electron chi connectivity index (χ4n) is 5.15. The first kappa shape index (κ1) is 23.6. The van der Waals surface area contributed by atoms with E-state index in [-0.39, 0.29) is 24.0 Å². The van der Waals surface area contributed by atoms with Gasteiger partial charge in [0.2, 0.25) is 0 Å². The zero-order valence-corrected chi connectivity index (χ0v) is 19.2. The maximum absolute atomic E-state index is 12.6. The normalized spacial score (nSPS) is 26.5. The predicted octanol–water partition coefficient (Wildman–Crippen LogP) is 6.42. The summed E-state index contributed by atoms with van der Waals surface area (Å²) in [5.74, 6) is 1.78. The van der Waals surface area contributed by atoms with Crippen LogP contribution in [-0.4, -0.2) is 18.0 Å². The van der Waals surface area contributed by atoms with E-state index in [1.165, 1.54) is 24.5 Å². The lowest BCUT2D eigenvalue weighted by Gasteiger charge is -2.37. The fourth-order valence-corrected chi connectivity index (χ4v) is 5.15. The summed E-state index contributed by atoms with van der Waals surface area (Å²) in [6.07, 6.45) is 15.0. The van der Waals surface area contributed by atoms with E-state index in [0.29, 0.717) is 17.6 Å². The number of rotatable bonds is 8. The number of esters is 2. The summed E-state index contributed by atoms with van der Waals surface area (Å²) < 4.78 is 11.2. The average molecular weight is 427 g/mol. The molecule has 4 heteroatoms. The van der Waals surface area contributed by atoms with E-state index in [0.717, 1.165) is 57.8 Å². The van der Waals surface area contributed by atoms with E-state index in [1.54, 1.807) is 6.08 Å². The number of unbranched alkanes of at least 4 members (excludes halogenated alkanes) is 1. The van der Waals surface area contributed by atoms with Gasteiger partial charge in [0, 0.05) is 6.08 Å². The van der Waals surface area contributed by atoms with Crippen LogP contribution in [0.3, 0.4) is 0 Å². The van der Waals surface area contributed by atoms with Crippen molar-refractivity contribution < 1.29 is 19.1 Å². The Morgan fingerprint density at radius 3 is 2.13 bits per heavy atom. The fraction of sp³-hybridized carbons (Fsp3) is 0.630. The Kier molecular flexibility index (Phi) is 9.17. The first-order valence-corrected chi connectivity index (χ1v) is 12.2. The molecule has 0 saturated heterocycles. The molecule has 0 heterocycles. The molecule has 0 atom stereocenters. The van der Waals surface area contributed by atoms with Gasteiger partial charge in [0.1, 0.15) is 11.9 Å². The highest BCUT2D eigenvalue weighted by Gasteiger charge is 2.34. The molecule has 3 rings (SSSR count). The van der Waals surface area contributed by atoms with E-state index in [1.807, 2.05) is 19.1 Å². The molecule has 170 valence electrons. The molecule has 31 heavy (non-hydrogen) atoms. The van der Waals surface area contributed by atoms with Crippen LogP contribution in [-0.2, 0) is 20.7 Å². The minimum absolute atomic E-state index is 0.0224. The van der Waals surface area contributed by atoms with Gasteiger partial charge in [0.05, 0.1) is 5.92 Å². The van der Waals surface area contributed by atoms with Gasteiger partial charge >= 0.3 is 11.9 Å². The molecule has 0 unspecified atom stereocenters. The number of ether oxygens (including phenoxy) is 2. The lowest BCUT2D eigenvalue weighted by atomic mass is 9.70. The van der Waals surface area contributed by atoms with Crippen LogP contribution in [0.25, 0.3) is 0 Å². The Morgan fingerprint density at radius 1 is 0.935 bits per heavy atom. The lowest BCUT2D eigenvalue weighted by Crippen LogP contribution is -2.31. The molecular weight excluding hydrogens is 388 g/mol. The standard InChI is InChI=1S/C27H38O4/c1-3-5-7-20-8-16-25(17-9-20)31-27(29)23-12-10-21(11-13-23)22-14-18-24(19-15-22)30-26(28)6-4-2/h4,6,8-9,16-17,21-24H,3,5,7,10-15,18-19H2,1-2H3/b6-4+/t21-,22-,23-,24-. The van der Waals surface area contributed by atoms with Crippen LogP contribution in [0, 0.1) is 17.8 Å². The van der Waals surface area contributed by atoms with E-state index in [9.17, 15) is 9.59 Å². The van der Waals surface area contributed by atoms with Crippen molar-refractivity contribution in [1.29, 1.82) is 0 Å². The Morgan fingerprint density at radius 2 is 1.55 bits per heavy atom. The van der Waals surface area contributed by atoms with Crippen molar-refractivity contribution in [2.45, 2.75) is 90.6 Å². The summed E-state index contributed by atoms with van der Waals surface area (Å²) >= 11 is 0. The Labute approximate surface area is 187 Å². The molecule has 0 bridgehead atoms. The van der Waals surface area contributed by atoms with Crippen molar-refractivity contribution in [1.82, 2.24) is 0 Å². The van der Waals surface area contributed by atoms with Gasteiger partial charge in [-0.2, -0.15) is 0 Å². The topological polar surface area (TPSA) is 52.6 Å². The minimum atomic E-state index is -0.222. The van der Waals surface area contributed by atoms with Gasteiger partial charge in [-0.1, -0.05) is 31.6 Å². The third-order valence-corrected chi connectivity index (χ3v) is 7.04. The maximum atomic E-state index is 12.6. The third-order valence-electron chi connectivity index (χ3n) is 7.04. The number of hydrogen-bond acceptors (Lipinski definition) is 4. The van der Waals surface area contributed by atoms with Gasteiger partial charge < -0.3 is 9.47 Å². The summed E-state index contributed by atoms with van der Waals surface area (Å²) in [6.45, 7) is 4.02. The molecular formula is C27H38O4. The number of carbonyl (C=O) groups excluding carboxylic acids is 2. The molecule has 2 aliphatic carbocycles. The van der Waals surface area contributed by atoms with Gasteiger partial charge in [-0.15, -0.1) is 0 Å². The summed E-state index contributed by atoms with van der Waals surface area (Å²) in [7, 11) is 0. The Balaban J connectivity index is 1.38. The molecule has 2 saturated carbocycles. The largest absolute Gasteiger partial charge is 0.459 e. The Hall–Kier alpha value is -2.10. The van der Waals surface area contributed by atoms with Crippen LogP contribution in [0.4, 0.5) is 0 Å². The van der Waals surface area contributed by atoms with Gasteiger partial charge in [-0.05, 0) is 101 Å². The van der Waals surface area contributed by atoms with Crippen LogP contribution in [0.1, 0.15) is 83.6 Å². The zero-order chi connectivity index (χ0) is 22.1. The minimum Gasteiger partial charge on any atom is -0.459 e. The van der Waals surface area contributed by atoms with Crippen molar-refractivity contribution in [2.24, 2.45) is 17.8 Å². The molecule has 2 fully saturated rings. The van der Waals surface area contributed by atoms with Crippen molar-refractivity contribution in [3.63, 3.8) is 0 Å². The monoisotopic (exact) mass is 426 g/mol. The van der Waals surface area contributed by atoms with Crippen molar-refractivity contribution in [2.75, 3.05) is 0 Å². The second-order valence-electron chi connectivity index (χ2n) is 9.25. The molecule has 0 aromatic heterocycles. The maximum Gasteiger partial charge on any atom is 0.330 e. The highest BCUT2D eigenvalue weighted by molar-refractivity contribution is 5.81. The summed E-state index contributed by atoms with van der Waals surface area (Å²) in [5.41, 5.74) is 1.30. The number of carbonyl (C=O) groups is 2. The predicted molar refractivity (Wildman–Crippen MR) is 123 cm³/mol.